The molecular formula is C21H25ClN2O3. The minimum Gasteiger partial charge on any atom is -0.379 e. The van der Waals surface area contributed by atoms with Gasteiger partial charge in [0.05, 0.1) is 13.2 Å². The third-order valence-electron chi connectivity index (χ3n) is 5.67. The summed E-state index contributed by atoms with van der Waals surface area (Å²) >= 11 is 6.44. The molecule has 0 radical (unpaired) electrons. The summed E-state index contributed by atoms with van der Waals surface area (Å²) in [5, 5.41) is 4.43. The average molecular weight is 389 g/mol. The Labute approximate surface area is 164 Å². The van der Waals surface area contributed by atoms with Crippen molar-refractivity contribution in [2.45, 2.75) is 39.0 Å². The molecule has 1 unspecified atom stereocenters. The predicted octanol–water partition coefficient (Wildman–Crippen LogP) is 3.55. The van der Waals surface area contributed by atoms with E-state index < -0.39 is 0 Å². The zero-order chi connectivity index (χ0) is 19.2. The molecule has 3 aliphatic rings. The first-order valence-electron chi connectivity index (χ1n) is 9.53. The highest BCUT2D eigenvalue weighted by Crippen LogP contribution is 2.48. The number of hydrogen-bond donors (Lipinski definition) is 0. The number of nitrogens with zero attached hydrogens (tertiary/aromatic N) is 2. The molecule has 0 spiro atoms. The molecule has 1 atom stereocenters. The molecule has 1 aromatic carbocycles. The number of hydrogen-bond acceptors (Lipinski definition) is 4. The van der Waals surface area contributed by atoms with Crippen LogP contribution in [0.5, 0.6) is 0 Å². The van der Waals surface area contributed by atoms with Crippen LogP contribution in [-0.2, 0) is 14.3 Å². The number of ether oxygens (including phenoxy) is 1. The van der Waals surface area contributed by atoms with E-state index in [1.807, 2.05) is 29.3 Å². The number of benzene rings is 1. The van der Waals surface area contributed by atoms with Crippen molar-refractivity contribution in [3.8, 4) is 0 Å². The zero-order valence-corrected chi connectivity index (χ0v) is 16.6. The second-order valence-electron chi connectivity index (χ2n) is 8.35. The van der Waals surface area contributed by atoms with Gasteiger partial charge >= 0.3 is 0 Å². The Morgan fingerprint density at radius 1 is 1.11 bits per heavy atom. The summed E-state index contributed by atoms with van der Waals surface area (Å²) in [5.74, 6) is -0.0925. The average Bonchev–Trinajstić information content (AvgIpc) is 2.61. The number of carbonyl (C=O) groups excluding carboxylic acids is 2. The normalized spacial score (nSPS) is 26.3. The first kappa shape index (κ1) is 18.7. The van der Waals surface area contributed by atoms with Gasteiger partial charge in [-0.05, 0) is 23.5 Å². The lowest BCUT2D eigenvalue weighted by Gasteiger charge is -2.47. The van der Waals surface area contributed by atoms with Crippen LogP contribution in [0, 0.1) is 5.41 Å². The summed E-state index contributed by atoms with van der Waals surface area (Å²) in [6, 6.07) is 7.55. The van der Waals surface area contributed by atoms with E-state index in [2.05, 4.69) is 13.8 Å². The van der Waals surface area contributed by atoms with Gasteiger partial charge in [-0.2, -0.15) is 0 Å². The molecule has 1 fully saturated rings. The van der Waals surface area contributed by atoms with E-state index in [0.717, 1.165) is 16.8 Å². The van der Waals surface area contributed by atoms with Gasteiger partial charge in [-0.3, -0.25) is 9.59 Å². The third kappa shape index (κ3) is 3.44. The van der Waals surface area contributed by atoms with Crippen LogP contribution in [0.2, 0.25) is 5.02 Å². The lowest BCUT2D eigenvalue weighted by molar-refractivity contribution is -0.154. The Bertz CT molecular complexity index is 811. The van der Waals surface area contributed by atoms with E-state index in [0.29, 0.717) is 44.2 Å². The number of halogens is 1. The van der Waals surface area contributed by atoms with Crippen LogP contribution < -0.4 is 0 Å². The molecule has 1 aliphatic carbocycles. The van der Waals surface area contributed by atoms with Gasteiger partial charge in [0.15, 0.2) is 5.78 Å². The maximum absolute atomic E-state index is 13.2. The summed E-state index contributed by atoms with van der Waals surface area (Å²) < 4.78 is 5.45. The highest BCUT2D eigenvalue weighted by atomic mass is 35.5. The van der Waals surface area contributed by atoms with Crippen molar-refractivity contribution in [2.24, 2.45) is 5.41 Å². The van der Waals surface area contributed by atoms with E-state index in [1.165, 1.54) is 0 Å². The van der Waals surface area contributed by atoms with Gasteiger partial charge in [-0.1, -0.05) is 43.6 Å². The van der Waals surface area contributed by atoms with Gasteiger partial charge in [-0.15, -0.1) is 0 Å². The second-order valence-corrected chi connectivity index (χ2v) is 8.76. The molecule has 1 amide bonds. The lowest BCUT2D eigenvalue weighted by atomic mass is 9.69. The molecular weight excluding hydrogens is 364 g/mol. The fourth-order valence-electron chi connectivity index (χ4n) is 4.51. The minimum absolute atomic E-state index is 0.0334. The number of rotatable bonds is 2. The van der Waals surface area contributed by atoms with Crippen LogP contribution in [0.15, 0.2) is 35.5 Å². The number of Topliss-reactive ketones (excluding diaryl/α,β-unsaturated/α-hetero) is 1. The summed E-state index contributed by atoms with van der Waals surface area (Å²) in [5.41, 5.74) is 2.34. The predicted molar refractivity (Wildman–Crippen MR) is 103 cm³/mol. The van der Waals surface area contributed by atoms with Crippen molar-refractivity contribution >= 4 is 23.3 Å². The fourth-order valence-corrected chi connectivity index (χ4v) is 4.77. The van der Waals surface area contributed by atoms with E-state index in [9.17, 15) is 9.59 Å². The molecule has 0 aromatic heterocycles. The van der Waals surface area contributed by atoms with E-state index in [1.54, 1.807) is 5.01 Å². The molecule has 27 heavy (non-hydrogen) atoms. The molecule has 5 nitrogen and oxygen atoms in total. The molecule has 0 N–H and O–H groups in total. The van der Waals surface area contributed by atoms with E-state index >= 15 is 0 Å². The van der Waals surface area contributed by atoms with Gasteiger partial charge in [-0.25, -0.2) is 10.0 Å². The SMILES string of the molecule is CC1(C)CC(=O)C2=C(C1)N(N1CCOCC1)C(=O)CC2c1ccccc1Cl. The molecule has 6 heteroatoms. The highest BCUT2D eigenvalue weighted by molar-refractivity contribution is 6.31. The smallest absolute Gasteiger partial charge is 0.242 e. The van der Waals surface area contributed by atoms with Crippen molar-refractivity contribution < 1.29 is 14.3 Å². The van der Waals surface area contributed by atoms with Gasteiger partial charge in [0.25, 0.3) is 0 Å². The summed E-state index contributed by atoms with van der Waals surface area (Å²) in [6.07, 6.45) is 1.47. The molecule has 4 rings (SSSR count). The van der Waals surface area contributed by atoms with Gasteiger partial charge in [0.1, 0.15) is 0 Å². The Kier molecular flexibility index (Phi) is 4.87. The number of carbonyl (C=O) groups is 2. The maximum Gasteiger partial charge on any atom is 0.242 e. The van der Waals surface area contributed by atoms with Crippen molar-refractivity contribution in [1.82, 2.24) is 10.0 Å². The summed E-state index contributed by atoms with van der Waals surface area (Å²) in [4.78, 5) is 26.4. The van der Waals surface area contributed by atoms with Crippen LogP contribution in [-0.4, -0.2) is 48.0 Å². The standard InChI is InChI=1S/C21H25ClN2O3/c1-21(2)12-17-20(18(25)13-21)15(14-5-3-4-6-16(14)22)11-19(26)24(17)23-7-9-27-10-8-23/h3-6,15H,7-13H2,1-2H3. The van der Waals surface area contributed by atoms with Crippen LogP contribution in [0.1, 0.15) is 44.6 Å². The van der Waals surface area contributed by atoms with E-state index in [-0.39, 0.29) is 29.4 Å². The molecule has 2 aliphatic heterocycles. The van der Waals surface area contributed by atoms with Crippen LogP contribution in [0.25, 0.3) is 0 Å². The number of ketones is 1. The number of morpholine rings is 1. The molecule has 2 heterocycles. The van der Waals surface area contributed by atoms with Crippen molar-refractivity contribution in [3.63, 3.8) is 0 Å². The van der Waals surface area contributed by atoms with Crippen LogP contribution in [0.4, 0.5) is 0 Å². The maximum atomic E-state index is 13.2. The largest absolute Gasteiger partial charge is 0.379 e. The third-order valence-corrected chi connectivity index (χ3v) is 6.01. The minimum atomic E-state index is -0.262. The summed E-state index contributed by atoms with van der Waals surface area (Å²) in [6.45, 7) is 6.70. The molecule has 1 aromatic rings. The number of hydrazine groups is 1. The van der Waals surface area contributed by atoms with Crippen LogP contribution >= 0.6 is 11.6 Å². The van der Waals surface area contributed by atoms with Crippen molar-refractivity contribution in [1.29, 1.82) is 0 Å². The molecule has 0 bridgehead atoms. The van der Waals surface area contributed by atoms with Gasteiger partial charge in [0.2, 0.25) is 5.91 Å². The Morgan fingerprint density at radius 3 is 2.52 bits per heavy atom. The first-order chi connectivity index (χ1) is 12.9. The Balaban J connectivity index is 1.84. The summed E-state index contributed by atoms with van der Waals surface area (Å²) in [7, 11) is 0. The first-order valence-corrected chi connectivity index (χ1v) is 9.91. The Hall–Kier alpha value is -1.69. The monoisotopic (exact) mass is 388 g/mol. The fraction of sp³-hybridized carbons (Fsp3) is 0.524. The van der Waals surface area contributed by atoms with E-state index in [4.69, 9.17) is 16.3 Å². The lowest BCUT2D eigenvalue weighted by Crippen LogP contribution is -2.55. The van der Waals surface area contributed by atoms with Crippen LogP contribution in [0.3, 0.4) is 0 Å². The van der Waals surface area contributed by atoms with Gasteiger partial charge < -0.3 is 4.74 Å². The molecule has 1 saturated heterocycles. The number of allylic oxidation sites excluding steroid dienone is 2. The van der Waals surface area contributed by atoms with Crippen molar-refractivity contribution in [3.05, 3.63) is 46.1 Å². The highest BCUT2D eigenvalue weighted by Gasteiger charge is 2.46. The van der Waals surface area contributed by atoms with Crippen molar-refractivity contribution in [2.75, 3.05) is 26.3 Å². The zero-order valence-electron chi connectivity index (χ0n) is 15.8. The molecule has 0 saturated carbocycles. The Morgan fingerprint density at radius 2 is 1.81 bits per heavy atom. The second kappa shape index (κ2) is 7.04. The quantitative estimate of drug-likeness (QED) is 0.777. The molecule has 144 valence electrons. The topological polar surface area (TPSA) is 49.9 Å². The number of amides is 1. The van der Waals surface area contributed by atoms with Gasteiger partial charge in [0, 0.05) is 48.1 Å².